The van der Waals surface area contributed by atoms with E-state index in [4.69, 9.17) is 0 Å². The highest BCUT2D eigenvalue weighted by molar-refractivity contribution is 8.18. The number of carbonyl (C=O) groups excluding carboxylic acids is 2. The van der Waals surface area contributed by atoms with Gasteiger partial charge in [0.2, 0.25) is 0 Å². The molecule has 0 atom stereocenters. The van der Waals surface area contributed by atoms with Crippen LogP contribution >= 0.6 is 11.8 Å². The Balaban J connectivity index is 1.73. The van der Waals surface area contributed by atoms with E-state index >= 15 is 0 Å². The van der Waals surface area contributed by atoms with Gasteiger partial charge in [0, 0.05) is 0 Å². The lowest BCUT2D eigenvalue weighted by Crippen LogP contribution is -2.22. The van der Waals surface area contributed by atoms with Crippen molar-refractivity contribution < 1.29 is 35.9 Å². The van der Waals surface area contributed by atoms with Gasteiger partial charge < -0.3 is 10.6 Å². The lowest BCUT2D eigenvalue weighted by atomic mass is 10.1. The van der Waals surface area contributed by atoms with Crippen LogP contribution in [0.1, 0.15) is 16.7 Å². The third kappa shape index (κ3) is 5.66. The number of para-hydroxylation sites is 1. The molecule has 3 amide bonds. The van der Waals surface area contributed by atoms with Gasteiger partial charge in [-0.3, -0.25) is 4.79 Å². The molecule has 3 rings (SSSR count). The second-order valence-corrected chi connectivity index (χ2v) is 7.11. The van der Waals surface area contributed by atoms with Crippen LogP contribution in [0.25, 0.3) is 6.08 Å². The lowest BCUT2D eigenvalue weighted by molar-refractivity contribution is -0.138. The summed E-state index contributed by atoms with van der Waals surface area (Å²) in [4.78, 5) is 27.6. The van der Waals surface area contributed by atoms with Crippen molar-refractivity contribution >= 4 is 40.6 Å². The molecule has 0 spiro atoms. The Morgan fingerprint density at radius 2 is 1.61 bits per heavy atom. The molecule has 12 heteroatoms. The van der Waals surface area contributed by atoms with Crippen LogP contribution in [-0.4, -0.2) is 17.1 Å². The molecule has 0 saturated carbocycles. The molecule has 0 radical (unpaired) electrons. The van der Waals surface area contributed by atoms with Gasteiger partial charge in [0.25, 0.3) is 5.91 Å². The summed E-state index contributed by atoms with van der Waals surface area (Å²) in [6.07, 6.45) is -7.90. The van der Waals surface area contributed by atoms with Gasteiger partial charge in [-0.05, 0) is 47.7 Å². The molecule has 1 saturated heterocycles. The van der Waals surface area contributed by atoms with Crippen LogP contribution in [0.3, 0.4) is 0 Å². The van der Waals surface area contributed by atoms with E-state index in [1.807, 2.05) is 5.32 Å². The van der Waals surface area contributed by atoms with Gasteiger partial charge in [0.05, 0.1) is 21.7 Å². The largest absolute Gasteiger partial charge is 0.418 e. The van der Waals surface area contributed by atoms with Crippen LogP contribution in [0.15, 0.2) is 58.4 Å². The first-order chi connectivity index (χ1) is 14.4. The molecule has 5 nitrogen and oxygen atoms in total. The fraction of sp³-hybridized carbons (Fsp3) is 0.105. The van der Waals surface area contributed by atoms with Gasteiger partial charge in [-0.2, -0.15) is 31.3 Å². The average Bonchev–Trinajstić information content (AvgIpc) is 2.99. The number of alkyl halides is 6. The van der Waals surface area contributed by atoms with Crippen LogP contribution in [0.5, 0.6) is 0 Å². The SMILES string of the molecule is O=C(/N=C1\NC(=O)C(=Cc2ccc(C(F)(F)F)cc2)S1)Nc1ccccc1C(F)(F)F. The predicted molar refractivity (Wildman–Crippen MR) is 103 cm³/mol. The van der Waals surface area contributed by atoms with Gasteiger partial charge in [0.1, 0.15) is 0 Å². The van der Waals surface area contributed by atoms with E-state index in [-0.39, 0.29) is 10.1 Å². The van der Waals surface area contributed by atoms with Crippen molar-refractivity contribution in [1.82, 2.24) is 5.32 Å². The predicted octanol–water partition coefficient (Wildman–Crippen LogP) is 5.52. The molecule has 2 N–H and O–H groups in total. The zero-order chi connectivity index (χ0) is 22.8. The third-order valence-corrected chi connectivity index (χ3v) is 4.77. The maximum absolute atomic E-state index is 13.0. The summed E-state index contributed by atoms with van der Waals surface area (Å²) in [6, 6.07) is 7.20. The number of hydrogen-bond donors (Lipinski definition) is 2. The van der Waals surface area contributed by atoms with Crippen molar-refractivity contribution in [3.8, 4) is 0 Å². The number of halogens is 6. The van der Waals surface area contributed by atoms with E-state index in [9.17, 15) is 35.9 Å². The summed E-state index contributed by atoms with van der Waals surface area (Å²) in [7, 11) is 0. The van der Waals surface area contributed by atoms with Crippen LogP contribution in [-0.2, 0) is 17.1 Å². The van der Waals surface area contributed by atoms with Crippen molar-refractivity contribution in [3.63, 3.8) is 0 Å². The molecule has 0 unspecified atom stereocenters. The van der Waals surface area contributed by atoms with Gasteiger partial charge in [-0.15, -0.1) is 0 Å². The molecule has 31 heavy (non-hydrogen) atoms. The Bertz CT molecular complexity index is 1080. The van der Waals surface area contributed by atoms with Gasteiger partial charge in [-0.25, -0.2) is 4.79 Å². The quantitative estimate of drug-likeness (QED) is 0.459. The maximum atomic E-state index is 13.0. The number of anilines is 1. The summed E-state index contributed by atoms with van der Waals surface area (Å²) in [5.41, 5.74) is -2.11. The number of nitrogens with one attached hydrogen (secondary N) is 2. The zero-order valence-electron chi connectivity index (χ0n) is 15.1. The van der Waals surface area contributed by atoms with Crippen molar-refractivity contribution in [2.75, 3.05) is 5.32 Å². The first-order valence-electron chi connectivity index (χ1n) is 8.37. The molecule has 0 bridgehead atoms. The van der Waals surface area contributed by atoms with Gasteiger partial charge in [0.15, 0.2) is 5.17 Å². The molecular formula is C19H11F6N3O2S. The van der Waals surface area contributed by atoms with Crippen LogP contribution in [0.2, 0.25) is 0 Å². The summed E-state index contributed by atoms with van der Waals surface area (Å²) in [5, 5.41) is 4.08. The van der Waals surface area contributed by atoms with Gasteiger partial charge >= 0.3 is 18.4 Å². The number of amidine groups is 1. The van der Waals surface area contributed by atoms with E-state index in [1.165, 1.54) is 24.3 Å². The van der Waals surface area contributed by atoms with E-state index in [1.54, 1.807) is 0 Å². The van der Waals surface area contributed by atoms with Crippen molar-refractivity contribution in [2.45, 2.75) is 12.4 Å². The van der Waals surface area contributed by atoms with E-state index in [0.29, 0.717) is 5.56 Å². The second kappa shape index (κ2) is 8.46. The van der Waals surface area contributed by atoms with Crippen LogP contribution in [0.4, 0.5) is 36.8 Å². The first-order valence-corrected chi connectivity index (χ1v) is 9.19. The molecule has 1 fully saturated rings. The first kappa shape index (κ1) is 22.4. The Kier molecular flexibility index (Phi) is 6.11. The lowest BCUT2D eigenvalue weighted by Gasteiger charge is -2.12. The molecule has 0 aromatic heterocycles. The number of urea groups is 1. The topological polar surface area (TPSA) is 70.6 Å². The Morgan fingerprint density at radius 3 is 2.23 bits per heavy atom. The number of rotatable bonds is 2. The molecule has 1 heterocycles. The number of carbonyl (C=O) groups is 2. The normalized spacial score (nSPS) is 17.2. The second-order valence-electron chi connectivity index (χ2n) is 6.07. The molecule has 162 valence electrons. The minimum absolute atomic E-state index is 0.0435. The summed E-state index contributed by atoms with van der Waals surface area (Å²) in [6.45, 7) is 0. The van der Waals surface area contributed by atoms with Crippen LogP contribution < -0.4 is 10.6 Å². The van der Waals surface area contributed by atoms with E-state index in [0.717, 1.165) is 42.1 Å². The Hall–Kier alpha value is -3.28. The Morgan fingerprint density at radius 1 is 0.968 bits per heavy atom. The van der Waals surface area contributed by atoms with Crippen molar-refractivity contribution in [3.05, 3.63) is 70.1 Å². The summed E-state index contributed by atoms with van der Waals surface area (Å²) in [5.74, 6) is -0.660. The Labute approximate surface area is 175 Å². The average molecular weight is 459 g/mol. The zero-order valence-corrected chi connectivity index (χ0v) is 16.0. The molecule has 1 aliphatic heterocycles. The highest BCUT2D eigenvalue weighted by Crippen LogP contribution is 2.35. The number of nitrogens with zero attached hydrogens (tertiary/aromatic N) is 1. The minimum atomic E-state index is -4.69. The smallest absolute Gasteiger partial charge is 0.305 e. The number of hydrogen-bond acceptors (Lipinski definition) is 3. The molecule has 0 aliphatic carbocycles. The highest BCUT2D eigenvalue weighted by atomic mass is 32.2. The third-order valence-electron chi connectivity index (χ3n) is 3.86. The van der Waals surface area contributed by atoms with Crippen molar-refractivity contribution in [1.29, 1.82) is 0 Å². The highest BCUT2D eigenvalue weighted by Gasteiger charge is 2.34. The fourth-order valence-electron chi connectivity index (χ4n) is 2.47. The van der Waals surface area contributed by atoms with Crippen molar-refractivity contribution in [2.24, 2.45) is 4.99 Å². The molecule has 2 aromatic carbocycles. The maximum Gasteiger partial charge on any atom is 0.418 e. The monoisotopic (exact) mass is 459 g/mol. The number of amides is 3. The fourth-order valence-corrected chi connectivity index (χ4v) is 3.29. The molecular weight excluding hydrogens is 448 g/mol. The summed E-state index contributed by atoms with van der Waals surface area (Å²) >= 11 is 0.717. The van der Waals surface area contributed by atoms with Gasteiger partial charge in [-0.1, -0.05) is 24.3 Å². The number of aliphatic imine (C=N–C) groups is 1. The number of benzene rings is 2. The molecule has 1 aliphatic rings. The standard InChI is InChI=1S/C19H11F6N3O2S/c20-18(21,22)11-7-5-10(6-8-11)9-14-15(29)27-17(31-14)28-16(30)26-13-4-2-1-3-12(13)19(23,24)25/h1-9H,(H2,26,27,28,29,30). The van der Waals surface area contributed by atoms with Crippen LogP contribution in [0, 0.1) is 0 Å². The van der Waals surface area contributed by atoms with E-state index in [2.05, 4.69) is 10.3 Å². The van der Waals surface area contributed by atoms with E-state index < -0.39 is 41.1 Å². The minimum Gasteiger partial charge on any atom is -0.305 e. The number of thioether (sulfide) groups is 1. The molecule has 2 aromatic rings. The summed E-state index contributed by atoms with van der Waals surface area (Å²) < 4.78 is 76.8.